The van der Waals surface area contributed by atoms with Gasteiger partial charge >= 0.3 is 0 Å². The zero-order valence-corrected chi connectivity index (χ0v) is 5.02. The maximum absolute atomic E-state index is 5.14. The molecule has 0 aliphatic rings. The third-order valence-electron chi connectivity index (χ3n) is 0.687. The molecule has 10 heavy (non-hydrogen) atoms. The molecule has 1 rings (SSSR count). The van der Waals surface area contributed by atoms with Crippen molar-refractivity contribution in [2.24, 2.45) is 0 Å². The smallest absolute Gasteiger partial charge is 0.226 e. The van der Waals surface area contributed by atoms with Crippen molar-refractivity contribution in [1.29, 1.82) is 0 Å². The second-order valence-corrected chi connectivity index (χ2v) is 1.41. The van der Waals surface area contributed by atoms with E-state index in [1.165, 1.54) is 0 Å². The quantitative estimate of drug-likeness (QED) is 0.384. The summed E-state index contributed by atoms with van der Waals surface area (Å²) in [5.41, 5.74) is 15.4. The van der Waals surface area contributed by atoms with Crippen molar-refractivity contribution in [2.45, 2.75) is 0 Å². The Kier molecular flexibility index (Phi) is 2.33. The number of hydrogen-bond donors (Lipinski definition) is 3. The van der Waals surface area contributed by atoms with Gasteiger partial charge in [0, 0.05) is 6.15 Å². The molecule has 53 valence electrons. The lowest BCUT2D eigenvalue weighted by Crippen LogP contribution is -2.05. The fourth-order valence-electron chi connectivity index (χ4n) is 0.427. The van der Waals surface area contributed by atoms with Crippen molar-refractivity contribution in [3.05, 3.63) is 0 Å². The minimum atomic E-state index is 0. The van der Waals surface area contributed by atoms with Crippen LogP contribution in [0.4, 0.5) is 17.8 Å². The van der Waals surface area contributed by atoms with Crippen LogP contribution in [-0.2, 0) is 0 Å². The lowest BCUT2D eigenvalue weighted by atomic mass is 10.9. The van der Waals surface area contributed by atoms with Crippen LogP contribution in [0.25, 0.3) is 0 Å². The van der Waals surface area contributed by atoms with Crippen LogP contribution in [0.1, 0.15) is 0 Å². The van der Waals surface area contributed by atoms with E-state index in [0.717, 1.165) is 0 Å². The van der Waals surface area contributed by atoms with Gasteiger partial charge in [-0.1, -0.05) is 0 Å². The summed E-state index contributed by atoms with van der Waals surface area (Å²) in [4.78, 5) is 10.5. The summed E-state index contributed by atoms with van der Waals surface area (Å²) in [6.07, 6.45) is 0. The predicted octanol–water partition coefficient (Wildman–Crippen LogP) is -1.86. The molecule has 7 nitrogen and oxygen atoms in total. The number of nitrogens with two attached hydrogens (primary N) is 3. The number of hydrogen-bond acceptors (Lipinski definition) is 6. The Labute approximate surface area is 57.2 Å². The largest absolute Gasteiger partial charge is 0.368 e. The van der Waals surface area contributed by atoms with Gasteiger partial charge in [0.15, 0.2) is 0 Å². The molecule has 1 aromatic rings. The van der Waals surface area contributed by atoms with Crippen molar-refractivity contribution < 1.29 is 0 Å². The summed E-state index contributed by atoms with van der Waals surface area (Å²) >= 11 is 0. The van der Waals surface area contributed by atoms with Gasteiger partial charge in [0.2, 0.25) is 17.8 Å². The first-order chi connectivity index (χ1) is 4.18. The van der Waals surface area contributed by atoms with Crippen LogP contribution in [0.15, 0.2) is 0 Å². The van der Waals surface area contributed by atoms with E-state index >= 15 is 0 Å². The first-order valence-electron chi connectivity index (χ1n) is 2.21. The van der Waals surface area contributed by atoms with E-state index in [4.69, 9.17) is 17.2 Å². The molecule has 6 N–H and O–H groups in total. The fraction of sp³-hybridized carbons (Fsp3) is 0. The standard InChI is InChI=1S/C3H6N6.N/c4-1-7-2(5)9-3(6)8-1;/h(H6,4,5,6,7,8,9);. The molecule has 1 heterocycles. The highest BCUT2D eigenvalue weighted by molar-refractivity contribution is 5.33. The van der Waals surface area contributed by atoms with Crippen LogP contribution < -0.4 is 23.4 Å². The van der Waals surface area contributed by atoms with E-state index in [9.17, 15) is 0 Å². The number of aromatic nitrogens is 3. The maximum Gasteiger partial charge on any atom is 0.226 e. The van der Waals surface area contributed by atoms with Crippen molar-refractivity contribution in [3.8, 4) is 0 Å². The van der Waals surface area contributed by atoms with Gasteiger partial charge in [0.05, 0.1) is 0 Å². The van der Waals surface area contributed by atoms with Crippen molar-refractivity contribution >= 4 is 17.8 Å². The lowest BCUT2D eigenvalue weighted by Gasteiger charge is -1.93. The minimum absolute atomic E-state index is 0. The Morgan fingerprint density at radius 3 is 1.10 bits per heavy atom. The van der Waals surface area contributed by atoms with Crippen LogP contribution in [0.3, 0.4) is 0 Å². The molecule has 0 aliphatic carbocycles. The summed E-state index contributed by atoms with van der Waals surface area (Å²) in [6.45, 7) is 0. The molecule has 3 radical (unpaired) electrons. The minimum Gasteiger partial charge on any atom is -0.368 e. The second kappa shape index (κ2) is 2.78. The van der Waals surface area contributed by atoms with Gasteiger partial charge in [-0.2, -0.15) is 15.0 Å². The first-order valence-corrected chi connectivity index (χ1v) is 2.21. The zero-order valence-electron chi connectivity index (χ0n) is 5.02. The van der Waals surface area contributed by atoms with Crippen LogP contribution in [0.2, 0.25) is 0 Å². The second-order valence-electron chi connectivity index (χ2n) is 1.41. The Morgan fingerprint density at radius 2 is 0.900 bits per heavy atom. The Bertz CT molecular complexity index is 170. The summed E-state index contributed by atoms with van der Waals surface area (Å²) in [5.74, 6) is 0.125. The predicted molar refractivity (Wildman–Crippen MR) is 35.2 cm³/mol. The highest BCUT2D eigenvalue weighted by atomic mass is 15.2. The van der Waals surface area contributed by atoms with Crippen LogP contribution >= 0.6 is 0 Å². The highest BCUT2D eigenvalue weighted by Crippen LogP contribution is 1.97. The van der Waals surface area contributed by atoms with Gasteiger partial charge < -0.3 is 17.2 Å². The number of nitrogens with zero attached hydrogens (tertiary/aromatic N) is 4. The van der Waals surface area contributed by atoms with Gasteiger partial charge in [-0.05, 0) is 0 Å². The van der Waals surface area contributed by atoms with E-state index in [1.807, 2.05) is 0 Å². The fourth-order valence-corrected chi connectivity index (χ4v) is 0.427. The molecule has 0 unspecified atom stereocenters. The normalized spacial score (nSPS) is 8.40. The number of nitrogen functional groups attached to an aromatic ring is 3. The van der Waals surface area contributed by atoms with Gasteiger partial charge in [0.1, 0.15) is 0 Å². The monoisotopic (exact) mass is 140 g/mol. The van der Waals surface area contributed by atoms with Crippen LogP contribution in [0.5, 0.6) is 0 Å². The van der Waals surface area contributed by atoms with Crippen LogP contribution in [0, 0.1) is 0 Å². The summed E-state index contributed by atoms with van der Waals surface area (Å²) in [6, 6.07) is 0. The molecular weight excluding hydrogens is 134 g/mol. The molecule has 1 aromatic heterocycles. The Morgan fingerprint density at radius 1 is 0.700 bits per heavy atom. The van der Waals surface area contributed by atoms with Gasteiger partial charge in [0.25, 0.3) is 0 Å². The van der Waals surface area contributed by atoms with Gasteiger partial charge in [-0.15, -0.1) is 0 Å². The zero-order chi connectivity index (χ0) is 6.85. The third kappa shape index (κ3) is 1.71. The topological polar surface area (TPSA) is 147 Å². The SMILES string of the molecule is Nc1nc(N)nc(N)n1.[N]. The molecule has 0 bridgehead atoms. The number of anilines is 3. The van der Waals surface area contributed by atoms with E-state index in [-0.39, 0.29) is 24.0 Å². The van der Waals surface area contributed by atoms with Crippen molar-refractivity contribution in [1.82, 2.24) is 21.1 Å². The molecule has 0 aliphatic heterocycles. The third-order valence-corrected chi connectivity index (χ3v) is 0.687. The van der Waals surface area contributed by atoms with Crippen molar-refractivity contribution in [2.75, 3.05) is 17.2 Å². The van der Waals surface area contributed by atoms with Crippen LogP contribution in [-0.4, -0.2) is 15.0 Å². The molecule has 0 atom stereocenters. The molecule has 0 aromatic carbocycles. The van der Waals surface area contributed by atoms with Gasteiger partial charge in [-0.3, -0.25) is 0 Å². The molecule has 0 saturated heterocycles. The molecule has 0 saturated carbocycles. The molecule has 0 fully saturated rings. The first kappa shape index (κ1) is 8.37. The van der Waals surface area contributed by atoms with Crippen molar-refractivity contribution in [3.63, 3.8) is 0 Å². The Balaban J connectivity index is 0.000000810. The van der Waals surface area contributed by atoms with Gasteiger partial charge in [-0.25, -0.2) is 0 Å². The van der Waals surface area contributed by atoms with E-state index in [2.05, 4.69) is 15.0 Å². The maximum atomic E-state index is 5.14. The highest BCUT2D eigenvalue weighted by Gasteiger charge is 1.93. The molecule has 0 spiro atoms. The van der Waals surface area contributed by atoms with E-state index in [1.54, 1.807) is 0 Å². The molecule has 0 amide bonds. The lowest BCUT2D eigenvalue weighted by molar-refractivity contribution is 1.09. The van der Waals surface area contributed by atoms with E-state index < -0.39 is 0 Å². The average Bonchev–Trinajstić information content (AvgIpc) is 1.59. The Hall–Kier alpha value is -1.63. The van der Waals surface area contributed by atoms with E-state index in [0.29, 0.717) is 0 Å². The summed E-state index contributed by atoms with van der Waals surface area (Å²) in [7, 11) is 0. The molecule has 7 heteroatoms. The summed E-state index contributed by atoms with van der Waals surface area (Å²) < 4.78 is 0. The average molecular weight is 140 g/mol. The summed E-state index contributed by atoms with van der Waals surface area (Å²) in [5, 5.41) is 0. The molecular formula is C3H6N7. The number of rotatable bonds is 0.